The van der Waals surface area contributed by atoms with Crippen LogP contribution in [0.2, 0.25) is 5.02 Å². The number of halogens is 2. The van der Waals surface area contributed by atoms with E-state index in [9.17, 15) is 4.39 Å². The van der Waals surface area contributed by atoms with E-state index in [4.69, 9.17) is 11.6 Å². The summed E-state index contributed by atoms with van der Waals surface area (Å²) in [5, 5.41) is 5.86. The molecule has 0 saturated carbocycles. The predicted octanol–water partition coefficient (Wildman–Crippen LogP) is 3.55. The zero-order valence-electron chi connectivity index (χ0n) is 7.71. The molecule has 0 atom stereocenters. The summed E-state index contributed by atoms with van der Waals surface area (Å²) in [7, 11) is 0. The van der Waals surface area contributed by atoms with Gasteiger partial charge in [0.1, 0.15) is 5.01 Å². The number of aromatic nitrogens is 1. The van der Waals surface area contributed by atoms with Gasteiger partial charge in [-0.2, -0.15) is 0 Å². The minimum absolute atomic E-state index is 0.124. The lowest BCUT2D eigenvalue weighted by atomic mass is 10.3. The molecule has 0 spiro atoms. The minimum atomic E-state index is -0.421. The predicted molar refractivity (Wildman–Crippen MR) is 60.9 cm³/mol. The second-order valence-corrected chi connectivity index (χ2v) is 4.27. The van der Waals surface area contributed by atoms with Gasteiger partial charge in [-0.25, -0.2) is 9.37 Å². The molecule has 78 valence electrons. The van der Waals surface area contributed by atoms with E-state index in [1.165, 1.54) is 17.4 Å². The summed E-state index contributed by atoms with van der Waals surface area (Å²) in [6.07, 6.45) is 1.72. The van der Waals surface area contributed by atoms with Gasteiger partial charge < -0.3 is 5.32 Å². The Morgan fingerprint density at radius 2 is 2.33 bits per heavy atom. The van der Waals surface area contributed by atoms with E-state index in [-0.39, 0.29) is 5.02 Å². The molecule has 1 N–H and O–H groups in total. The van der Waals surface area contributed by atoms with Crippen LogP contribution in [0.4, 0.5) is 10.1 Å². The molecule has 0 aliphatic heterocycles. The van der Waals surface area contributed by atoms with Crippen LogP contribution in [-0.2, 0) is 6.54 Å². The Hall–Kier alpha value is -1.13. The Bertz CT molecular complexity index is 445. The van der Waals surface area contributed by atoms with Crippen molar-refractivity contribution in [2.24, 2.45) is 0 Å². The van der Waals surface area contributed by atoms with Crippen molar-refractivity contribution in [1.29, 1.82) is 0 Å². The van der Waals surface area contributed by atoms with Crippen molar-refractivity contribution in [3.63, 3.8) is 0 Å². The second kappa shape index (κ2) is 4.59. The number of nitrogens with one attached hydrogen (secondary N) is 1. The van der Waals surface area contributed by atoms with E-state index in [0.717, 1.165) is 5.01 Å². The van der Waals surface area contributed by atoms with Crippen LogP contribution in [0.5, 0.6) is 0 Å². The maximum atomic E-state index is 13.4. The molecule has 0 fully saturated rings. The Morgan fingerprint density at radius 3 is 3.07 bits per heavy atom. The van der Waals surface area contributed by atoms with Crippen molar-refractivity contribution >= 4 is 28.6 Å². The van der Waals surface area contributed by atoms with Gasteiger partial charge in [0.15, 0.2) is 5.82 Å². The zero-order valence-corrected chi connectivity index (χ0v) is 9.28. The highest BCUT2D eigenvalue weighted by molar-refractivity contribution is 7.09. The molecular formula is C10H8ClFN2S. The van der Waals surface area contributed by atoms with Gasteiger partial charge in [-0.05, 0) is 12.1 Å². The fourth-order valence-corrected chi connectivity index (χ4v) is 1.88. The molecule has 1 heterocycles. The lowest BCUT2D eigenvalue weighted by molar-refractivity contribution is 0.630. The van der Waals surface area contributed by atoms with E-state index in [0.29, 0.717) is 12.2 Å². The molecule has 1 aromatic heterocycles. The third-order valence-electron chi connectivity index (χ3n) is 1.87. The van der Waals surface area contributed by atoms with Crippen molar-refractivity contribution in [2.45, 2.75) is 6.54 Å². The summed E-state index contributed by atoms with van der Waals surface area (Å²) in [6.45, 7) is 0.509. The minimum Gasteiger partial charge on any atom is -0.376 e. The summed E-state index contributed by atoms with van der Waals surface area (Å²) < 4.78 is 13.4. The van der Waals surface area contributed by atoms with Crippen LogP contribution >= 0.6 is 22.9 Å². The number of anilines is 1. The number of hydrogen-bond donors (Lipinski definition) is 1. The van der Waals surface area contributed by atoms with Crippen LogP contribution in [0, 0.1) is 5.82 Å². The molecule has 0 saturated heterocycles. The van der Waals surface area contributed by atoms with Crippen molar-refractivity contribution in [3.05, 3.63) is 45.6 Å². The highest BCUT2D eigenvalue weighted by atomic mass is 35.5. The summed E-state index contributed by atoms with van der Waals surface area (Å²) in [6, 6.07) is 4.87. The second-order valence-electron chi connectivity index (χ2n) is 2.88. The Balaban J connectivity index is 2.08. The van der Waals surface area contributed by atoms with Crippen LogP contribution in [0.25, 0.3) is 0 Å². The maximum Gasteiger partial charge on any atom is 0.164 e. The number of benzene rings is 1. The van der Waals surface area contributed by atoms with Crippen molar-refractivity contribution in [2.75, 3.05) is 5.32 Å². The van der Waals surface area contributed by atoms with Gasteiger partial charge in [0.2, 0.25) is 0 Å². The fourth-order valence-electron chi connectivity index (χ4n) is 1.15. The van der Waals surface area contributed by atoms with Crippen LogP contribution in [-0.4, -0.2) is 4.98 Å². The molecule has 0 bridgehead atoms. The van der Waals surface area contributed by atoms with Crippen LogP contribution in [0.3, 0.4) is 0 Å². The van der Waals surface area contributed by atoms with Gasteiger partial charge in [0.05, 0.1) is 17.3 Å². The average Bonchev–Trinajstić information content (AvgIpc) is 2.73. The lowest BCUT2D eigenvalue weighted by Crippen LogP contribution is -2.00. The summed E-state index contributed by atoms with van der Waals surface area (Å²) >= 11 is 7.17. The van der Waals surface area contributed by atoms with Gasteiger partial charge in [-0.1, -0.05) is 17.7 Å². The van der Waals surface area contributed by atoms with Gasteiger partial charge in [0, 0.05) is 11.6 Å². The summed E-state index contributed by atoms with van der Waals surface area (Å²) in [4.78, 5) is 4.08. The first-order valence-corrected chi connectivity index (χ1v) is 5.59. The van der Waals surface area contributed by atoms with Gasteiger partial charge in [-0.3, -0.25) is 0 Å². The molecule has 2 rings (SSSR count). The molecule has 0 aliphatic rings. The number of nitrogens with zero attached hydrogens (tertiary/aromatic N) is 1. The van der Waals surface area contributed by atoms with E-state index in [2.05, 4.69) is 10.3 Å². The van der Waals surface area contributed by atoms with Crippen LogP contribution in [0.1, 0.15) is 5.01 Å². The largest absolute Gasteiger partial charge is 0.376 e. The molecule has 0 radical (unpaired) electrons. The molecule has 0 unspecified atom stereocenters. The molecule has 2 aromatic rings. The van der Waals surface area contributed by atoms with Crippen molar-refractivity contribution in [1.82, 2.24) is 4.98 Å². The number of thiazole rings is 1. The first kappa shape index (κ1) is 10.4. The molecule has 2 nitrogen and oxygen atoms in total. The van der Waals surface area contributed by atoms with Gasteiger partial charge in [0.25, 0.3) is 0 Å². The first-order valence-electron chi connectivity index (χ1n) is 4.33. The Morgan fingerprint density at radius 1 is 1.47 bits per heavy atom. The molecule has 0 amide bonds. The molecule has 15 heavy (non-hydrogen) atoms. The van der Waals surface area contributed by atoms with Crippen LogP contribution < -0.4 is 5.32 Å². The fraction of sp³-hybridized carbons (Fsp3) is 0.100. The third kappa shape index (κ3) is 2.46. The summed E-state index contributed by atoms with van der Waals surface area (Å²) in [5.41, 5.74) is 0.401. The van der Waals surface area contributed by atoms with E-state index < -0.39 is 5.82 Å². The zero-order chi connectivity index (χ0) is 10.7. The maximum absolute atomic E-state index is 13.4. The topological polar surface area (TPSA) is 24.9 Å². The molecule has 0 aliphatic carbocycles. The average molecular weight is 243 g/mol. The van der Waals surface area contributed by atoms with E-state index >= 15 is 0 Å². The Labute approximate surface area is 95.7 Å². The molecular weight excluding hydrogens is 235 g/mol. The third-order valence-corrected chi connectivity index (χ3v) is 2.94. The highest BCUT2D eigenvalue weighted by Gasteiger charge is 2.05. The molecule has 1 aromatic carbocycles. The van der Waals surface area contributed by atoms with Crippen molar-refractivity contribution in [3.8, 4) is 0 Å². The first-order chi connectivity index (χ1) is 7.27. The number of rotatable bonds is 3. The van der Waals surface area contributed by atoms with Crippen molar-refractivity contribution < 1.29 is 4.39 Å². The SMILES string of the molecule is Fc1c(Cl)cccc1NCc1nccs1. The smallest absolute Gasteiger partial charge is 0.164 e. The van der Waals surface area contributed by atoms with Crippen LogP contribution in [0.15, 0.2) is 29.8 Å². The lowest BCUT2D eigenvalue weighted by Gasteiger charge is -2.06. The monoisotopic (exact) mass is 242 g/mol. The number of hydrogen-bond acceptors (Lipinski definition) is 3. The summed E-state index contributed by atoms with van der Waals surface area (Å²) in [5.74, 6) is -0.421. The van der Waals surface area contributed by atoms with Gasteiger partial charge >= 0.3 is 0 Å². The quantitative estimate of drug-likeness (QED) is 0.891. The molecule has 5 heteroatoms. The Kier molecular flexibility index (Phi) is 3.18. The normalized spacial score (nSPS) is 10.3. The van der Waals surface area contributed by atoms with Gasteiger partial charge in [-0.15, -0.1) is 11.3 Å². The van der Waals surface area contributed by atoms with E-state index in [1.807, 2.05) is 5.38 Å². The standard InChI is InChI=1S/C10H8ClFN2S/c11-7-2-1-3-8(10(7)12)14-6-9-13-4-5-15-9/h1-5,14H,6H2. The highest BCUT2D eigenvalue weighted by Crippen LogP contribution is 2.22. The van der Waals surface area contributed by atoms with E-state index in [1.54, 1.807) is 18.3 Å².